The van der Waals surface area contributed by atoms with Gasteiger partial charge >= 0.3 is 0 Å². The van der Waals surface area contributed by atoms with Crippen LogP contribution < -0.4 is 10.5 Å². The number of carbonyl (C=O) groups is 1. The lowest BCUT2D eigenvalue weighted by Gasteiger charge is -2.17. The molecule has 0 aliphatic carbocycles. The van der Waals surface area contributed by atoms with Crippen LogP contribution in [0.5, 0.6) is 0 Å². The van der Waals surface area contributed by atoms with Crippen LogP contribution in [0.15, 0.2) is 65.7 Å². The van der Waals surface area contributed by atoms with Gasteiger partial charge in [0.15, 0.2) is 0 Å². The van der Waals surface area contributed by atoms with Crippen LogP contribution >= 0.6 is 0 Å². The molecule has 0 aliphatic heterocycles. The standard InChI is InChI=1S/C21H21N5O3S/c1-2-17(13-6-5-7-14(10-13)30(22,28)29)24-21(27)20-11-19(25-26-20)16-12-23-18-9-4-3-8-15(16)18/h3-12,17,23H,2H2,1H3,(H,24,27)(H,25,26)(H2,22,28,29). The predicted molar refractivity (Wildman–Crippen MR) is 114 cm³/mol. The van der Waals surface area contributed by atoms with E-state index in [0.717, 1.165) is 16.5 Å². The summed E-state index contributed by atoms with van der Waals surface area (Å²) >= 11 is 0. The highest BCUT2D eigenvalue weighted by Gasteiger charge is 2.19. The summed E-state index contributed by atoms with van der Waals surface area (Å²) in [6.07, 6.45) is 2.43. The Morgan fingerprint density at radius 1 is 1.17 bits per heavy atom. The number of hydrogen-bond donors (Lipinski definition) is 4. The Balaban J connectivity index is 1.57. The van der Waals surface area contributed by atoms with Crippen molar-refractivity contribution in [1.82, 2.24) is 20.5 Å². The van der Waals surface area contributed by atoms with E-state index in [0.29, 0.717) is 23.4 Å². The molecule has 0 spiro atoms. The molecule has 2 aromatic carbocycles. The summed E-state index contributed by atoms with van der Waals surface area (Å²) in [7, 11) is -3.82. The van der Waals surface area contributed by atoms with E-state index in [-0.39, 0.29) is 16.8 Å². The van der Waals surface area contributed by atoms with Gasteiger partial charge in [-0.3, -0.25) is 9.89 Å². The van der Waals surface area contributed by atoms with Gasteiger partial charge in [-0.25, -0.2) is 13.6 Å². The highest BCUT2D eigenvalue weighted by Crippen LogP contribution is 2.27. The summed E-state index contributed by atoms with van der Waals surface area (Å²) in [6.45, 7) is 1.90. The zero-order chi connectivity index (χ0) is 21.3. The SMILES string of the molecule is CCC(NC(=O)c1cc(-c2c[nH]c3ccccc23)n[nH]1)c1cccc(S(N)(=O)=O)c1. The highest BCUT2D eigenvalue weighted by molar-refractivity contribution is 7.89. The number of amides is 1. The summed E-state index contributed by atoms with van der Waals surface area (Å²) in [5.41, 5.74) is 3.52. The number of nitrogens with zero attached hydrogens (tertiary/aromatic N) is 1. The number of sulfonamides is 1. The molecule has 8 nitrogen and oxygen atoms in total. The van der Waals surface area contributed by atoms with Crippen molar-refractivity contribution >= 4 is 26.8 Å². The molecular formula is C21H21N5O3S. The number of nitrogens with one attached hydrogen (secondary N) is 3. The number of benzene rings is 2. The zero-order valence-corrected chi connectivity index (χ0v) is 17.0. The van der Waals surface area contributed by atoms with Crippen LogP contribution in [0.25, 0.3) is 22.2 Å². The minimum Gasteiger partial charge on any atom is -0.360 e. The van der Waals surface area contributed by atoms with Crippen molar-refractivity contribution in [2.24, 2.45) is 5.14 Å². The smallest absolute Gasteiger partial charge is 0.269 e. The summed E-state index contributed by atoms with van der Waals surface area (Å²) in [5, 5.41) is 16.2. The van der Waals surface area contributed by atoms with Gasteiger partial charge in [0.05, 0.1) is 16.6 Å². The molecule has 5 N–H and O–H groups in total. The third-order valence-corrected chi connectivity index (χ3v) is 5.90. The van der Waals surface area contributed by atoms with Crippen molar-refractivity contribution in [3.05, 3.63) is 72.1 Å². The van der Waals surface area contributed by atoms with Gasteiger partial charge in [-0.15, -0.1) is 0 Å². The molecule has 0 bridgehead atoms. The fraction of sp³-hybridized carbons (Fsp3) is 0.143. The van der Waals surface area contributed by atoms with Crippen LogP contribution in [0.2, 0.25) is 0 Å². The zero-order valence-electron chi connectivity index (χ0n) is 16.2. The molecule has 0 saturated heterocycles. The number of primary sulfonamides is 1. The maximum atomic E-state index is 12.8. The number of fused-ring (bicyclic) bond motifs is 1. The monoisotopic (exact) mass is 423 g/mol. The van der Waals surface area contributed by atoms with Gasteiger partial charge in [-0.2, -0.15) is 5.10 Å². The number of rotatable bonds is 6. The van der Waals surface area contributed by atoms with E-state index in [2.05, 4.69) is 20.5 Å². The van der Waals surface area contributed by atoms with Crippen LogP contribution in [0.4, 0.5) is 0 Å². The summed E-state index contributed by atoms with van der Waals surface area (Å²) < 4.78 is 23.2. The lowest BCUT2D eigenvalue weighted by Crippen LogP contribution is -2.28. The lowest BCUT2D eigenvalue weighted by molar-refractivity contribution is 0.0930. The Labute approximate surface area is 173 Å². The van der Waals surface area contributed by atoms with Gasteiger partial charge in [-0.1, -0.05) is 37.3 Å². The third kappa shape index (κ3) is 3.85. The first-order valence-electron chi connectivity index (χ1n) is 9.42. The normalized spacial score (nSPS) is 12.7. The summed E-state index contributed by atoms with van der Waals surface area (Å²) in [6, 6.07) is 15.4. The van der Waals surface area contributed by atoms with Crippen molar-refractivity contribution in [1.29, 1.82) is 0 Å². The molecule has 1 unspecified atom stereocenters. The van der Waals surface area contributed by atoms with Crippen LogP contribution in [-0.2, 0) is 10.0 Å². The minimum absolute atomic E-state index is 0.0101. The number of hydrogen-bond acceptors (Lipinski definition) is 4. The van der Waals surface area contributed by atoms with Crippen molar-refractivity contribution in [3.8, 4) is 11.3 Å². The molecule has 0 radical (unpaired) electrons. The Morgan fingerprint density at radius 2 is 1.97 bits per heavy atom. The maximum absolute atomic E-state index is 12.8. The molecular weight excluding hydrogens is 402 g/mol. The fourth-order valence-corrected chi connectivity index (χ4v) is 3.99. The quantitative estimate of drug-likeness (QED) is 0.379. The Morgan fingerprint density at radius 3 is 2.73 bits per heavy atom. The Hall–Kier alpha value is -3.43. The number of aromatic amines is 2. The second-order valence-electron chi connectivity index (χ2n) is 6.97. The topological polar surface area (TPSA) is 134 Å². The number of carbonyl (C=O) groups excluding carboxylic acids is 1. The number of H-pyrrole nitrogens is 2. The van der Waals surface area contributed by atoms with E-state index in [1.807, 2.05) is 37.4 Å². The first-order chi connectivity index (χ1) is 14.4. The predicted octanol–water partition coefficient (Wildman–Crippen LogP) is 3.09. The molecule has 30 heavy (non-hydrogen) atoms. The van der Waals surface area contributed by atoms with E-state index in [9.17, 15) is 13.2 Å². The van der Waals surface area contributed by atoms with E-state index in [1.165, 1.54) is 12.1 Å². The summed E-state index contributed by atoms with van der Waals surface area (Å²) in [5.74, 6) is -0.332. The molecule has 4 aromatic rings. The molecule has 0 saturated carbocycles. The molecule has 9 heteroatoms. The average Bonchev–Trinajstić information content (AvgIpc) is 3.38. The second-order valence-corrected chi connectivity index (χ2v) is 8.53. The van der Waals surface area contributed by atoms with Crippen LogP contribution in [0.3, 0.4) is 0 Å². The minimum atomic E-state index is -3.82. The lowest BCUT2D eigenvalue weighted by atomic mass is 10.0. The Kier molecular flexibility index (Phi) is 5.15. The van der Waals surface area contributed by atoms with Crippen LogP contribution in [-0.4, -0.2) is 29.5 Å². The van der Waals surface area contributed by atoms with E-state index >= 15 is 0 Å². The van der Waals surface area contributed by atoms with Gasteiger partial charge in [0.2, 0.25) is 10.0 Å². The largest absolute Gasteiger partial charge is 0.360 e. The van der Waals surface area contributed by atoms with Crippen molar-refractivity contribution < 1.29 is 13.2 Å². The molecule has 2 aromatic heterocycles. The van der Waals surface area contributed by atoms with Crippen molar-refractivity contribution in [2.75, 3.05) is 0 Å². The van der Waals surface area contributed by atoms with Crippen molar-refractivity contribution in [2.45, 2.75) is 24.3 Å². The molecule has 1 amide bonds. The summed E-state index contributed by atoms with van der Waals surface area (Å²) in [4.78, 5) is 16.0. The van der Waals surface area contributed by atoms with Crippen LogP contribution in [0, 0.1) is 0 Å². The maximum Gasteiger partial charge on any atom is 0.269 e. The molecule has 1 atom stereocenters. The molecule has 0 fully saturated rings. The van der Waals surface area contributed by atoms with Gasteiger partial charge in [0.25, 0.3) is 5.91 Å². The van der Waals surface area contributed by atoms with Gasteiger partial charge in [0, 0.05) is 22.7 Å². The average molecular weight is 423 g/mol. The molecule has 154 valence electrons. The van der Waals surface area contributed by atoms with E-state index < -0.39 is 10.0 Å². The molecule has 4 rings (SSSR count). The third-order valence-electron chi connectivity index (χ3n) is 4.99. The number of nitrogens with two attached hydrogens (primary N) is 1. The van der Waals surface area contributed by atoms with E-state index in [1.54, 1.807) is 18.2 Å². The van der Waals surface area contributed by atoms with Gasteiger partial charge < -0.3 is 10.3 Å². The Bertz CT molecular complexity index is 1320. The van der Waals surface area contributed by atoms with Crippen LogP contribution in [0.1, 0.15) is 35.4 Å². The second kappa shape index (κ2) is 7.77. The molecule has 0 aliphatic rings. The first-order valence-corrected chi connectivity index (χ1v) is 11.0. The van der Waals surface area contributed by atoms with Gasteiger partial charge in [-0.05, 0) is 36.2 Å². The number of aromatic nitrogens is 3. The highest BCUT2D eigenvalue weighted by atomic mass is 32.2. The molecule has 2 heterocycles. The number of para-hydroxylation sites is 1. The van der Waals surface area contributed by atoms with E-state index in [4.69, 9.17) is 5.14 Å². The fourth-order valence-electron chi connectivity index (χ4n) is 3.42. The van der Waals surface area contributed by atoms with Gasteiger partial charge in [0.1, 0.15) is 5.69 Å². The van der Waals surface area contributed by atoms with Crippen molar-refractivity contribution in [3.63, 3.8) is 0 Å². The first kappa shape index (κ1) is 19.9.